The number of hydrogen-bond acceptors (Lipinski definition) is 3. The van der Waals surface area contributed by atoms with E-state index in [0.29, 0.717) is 17.3 Å². The fourth-order valence-electron chi connectivity index (χ4n) is 7.30. The lowest BCUT2D eigenvalue weighted by Gasteiger charge is -2.54. The molecule has 25 heavy (non-hydrogen) atoms. The molecule has 3 nitrogen and oxygen atoms in total. The van der Waals surface area contributed by atoms with Gasteiger partial charge in [0.05, 0.1) is 18.2 Å². The van der Waals surface area contributed by atoms with Crippen LogP contribution in [-0.4, -0.2) is 18.2 Å². The second-order valence-corrected chi connectivity index (χ2v) is 8.89. The van der Waals surface area contributed by atoms with Crippen molar-refractivity contribution in [3.8, 4) is 0 Å². The van der Waals surface area contributed by atoms with Gasteiger partial charge in [0.25, 0.3) is 0 Å². The van der Waals surface area contributed by atoms with Crippen LogP contribution < -0.4 is 0 Å². The van der Waals surface area contributed by atoms with Crippen LogP contribution in [-0.2, 0) is 4.74 Å². The Bertz CT molecular complexity index is 678. The molecule has 0 aromatic heterocycles. The van der Waals surface area contributed by atoms with Crippen LogP contribution in [0.3, 0.4) is 0 Å². The van der Waals surface area contributed by atoms with Gasteiger partial charge in [-0.1, -0.05) is 42.0 Å². The third-order valence-electron chi connectivity index (χ3n) is 8.40. The molecule has 4 aliphatic carbocycles. The van der Waals surface area contributed by atoms with Gasteiger partial charge < -0.3 is 4.74 Å². The second-order valence-electron chi connectivity index (χ2n) is 8.89. The molecule has 5 rings (SSSR count). The summed E-state index contributed by atoms with van der Waals surface area (Å²) in [6, 6.07) is 0.00467. The Kier molecular flexibility index (Phi) is 3.61. The number of nitrogens with zero attached hydrogens (tertiary/aromatic N) is 1. The van der Waals surface area contributed by atoms with E-state index < -0.39 is 0 Å². The molecule has 0 aromatic rings. The summed E-state index contributed by atoms with van der Waals surface area (Å²) in [5.74, 6) is 2.12. The summed E-state index contributed by atoms with van der Waals surface area (Å²) in [5, 5.41) is 3.33. The highest BCUT2D eigenvalue weighted by molar-refractivity contribution is 5.38. The van der Waals surface area contributed by atoms with Crippen molar-refractivity contribution in [1.82, 2.24) is 0 Å². The average Bonchev–Trinajstić information content (AvgIpc) is 3.27. The molecule has 0 bridgehead atoms. The molecule has 0 saturated heterocycles. The molecule has 0 aromatic carbocycles. The van der Waals surface area contributed by atoms with E-state index in [1.807, 2.05) is 0 Å². The summed E-state index contributed by atoms with van der Waals surface area (Å²) in [6.07, 6.45) is 18.7. The number of nitroso groups, excluding NO2 is 1. The summed E-state index contributed by atoms with van der Waals surface area (Å²) >= 11 is 0. The fraction of sp³-hybridized carbons (Fsp3) is 0.727. The molecule has 3 heteroatoms. The molecule has 2 fully saturated rings. The van der Waals surface area contributed by atoms with Crippen molar-refractivity contribution in [2.75, 3.05) is 6.61 Å². The quantitative estimate of drug-likeness (QED) is 0.504. The fourth-order valence-corrected chi connectivity index (χ4v) is 7.30. The van der Waals surface area contributed by atoms with Crippen molar-refractivity contribution in [2.45, 2.75) is 69.9 Å². The minimum Gasteiger partial charge on any atom is -0.366 e. The first-order valence-corrected chi connectivity index (χ1v) is 10.3. The highest BCUT2D eigenvalue weighted by Gasteiger charge is 2.63. The van der Waals surface area contributed by atoms with E-state index in [1.165, 1.54) is 37.7 Å². The molecular weight excluding hydrogens is 310 g/mol. The maximum absolute atomic E-state index is 11.0. The summed E-state index contributed by atoms with van der Waals surface area (Å²) in [4.78, 5) is 11.0. The van der Waals surface area contributed by atoms with Crippen LogP contribution in [0.5, 0.6) is 0 Å². The zero-order chi connectivity index (χ0) is 17.1. The van der Waals surface area contributed by atoms with Crippen molar-refractivity contribution in [2.24, 2.45) is 28.3 Å². The largest absolute Gasteiger partial charge is 0.366 e. The summed E-state index contributed by atoms with van der Waals surface area (Å²) in [6.45, 7) is 3.18. The van der Waals surface area contributed by atoms with Crippen LogP contribution in [0.2, 0.25) is 0 Å². The van der Waals surface area contributed by atoms with E-state index in [1.54, 1.807) is 5.57 Å². The average molecular weight is 339 g/mol. The number of rotatable bonds is 2. The predicted octanol–water partition coefficient (Wildman–Crippen LogP) is 5.33. The molecule has 4 unspecified atom stereocenters. The number of hydrogen-bond donors (Lipinski definition) is 0. The van der Waals surface area contributed by atoms with Crippen molar-refractivity contribution < 1.29 is 4.74 Å². The molecule has 6 atom stereocenters. The highest BCUT2D eigenvalue weighted by Crippen LogP contribution is 2.66. The molecule has 0 radical (unpaired) electrons. The maximum Gasteiger partial charge on any atom is 0.0962 e. The Morgan fingerprint density at radius 1 is 1.28 bits per heavy atom. The van der Waals surface area contributed by atoms with Gasteiger partial charge in [-0.3, -0.25) is 0 Å². The van der Waals surface area contributed by atoms with E-state index in [4.69, 9.17) is 4.74 Å². The SMILES string of the molecule is CC[C@]12CCC3C4=C(C=CC3C1CC[C@@]21C=CCO1)CC(N=O)CC4. The number of ether oxygens (including phenoxy) is 1. The first-order chi connectivity index (χ1) is 12.2. The summed E-state index contributed by atoms with van der Waals surface area (Å²) in [7, 11) is 0. The van der Waals surface area contributed by atoms with Gasteiger partial charge in [0.15, 0.2) is 0 Å². The van der Waals surface area contributed by atoms with Crippen LogP contribution in [0.4, 0.5) is 0 Å². The van der Waals surface area contributed by atoms with E-state index in [0.717, 1.165) is 31.8 Å². The first kappa shape index (κ1) is 16.0. The third-order valence-corrected chi connectivity index (χ3v) is 8.40. The normalized spacial score (nSPS) is 47.7. The van der Waals surface area contributed by atoms with E-state index in [-0.39, 0.29) is 11.6 Å². The molecule has 0 amide bonds. The zero-order valence-electron chi connectivity index (χ0n) is 15.2. The van der Waals surface area contributed by atoms with Crippen LogP contribution in [0.15, 0.2) is 40.6 Å². The van der Waals surface area contributed by atoms with Gasteiger partial charge in [-0.15, -0.1) is 0 Å². The van der Waals surface area contributed by atoms with Gasteiger partial charge in [0.2, 0.25) is 0 Å². The van der Waals surface area contributed by atoms with Crippen LogP contribution in [0.25, 0.3) is 0 Å². The lowest BCUT2D eigenvalue weighted by molar-refractivity contribution is -0.105. The molecule has 0 N–H and O–H groups in total. The van der Waals surface area contributed by atoms with Gasteiger partial charge in [-0.2, -0.15) is 4.91 Å². The van der Waals surface area contributed by atoms with E-state index in [9.17, 15) is 4.91 Å². The molecule has 134 valence electrons. The maximum atomic E-state index is 11.0. The first-order valence-electron chi connectivity index (χ1n) is 10.3. The lowest BCUT2D eigenvalue weighted by Crippen LogP contribution is -2.51. The zero-order valence-corrected chi connectivity index (χ0v) is 15.2. The van der Waals surface area contributed by atoms with Gasteiger partial charge in [-0.25, -0.2) is 0 Å². The minimum absolute atomic E-state index is 0.00467. The predicted molar refractivity (Wildman–Crippen MR) is 99.1 cm³/mol. The van der Waals surface area contributed by atoms with Gasteiger partial charge >= 0.3 is 0 Å². The number of allylic oxidation sites excluding steroid dienone is 3. The molecular formula is C22H29NO2. The Morgan fingerprint density at radius 3 is 2.96 bits per heavy atom. The standard InChI is InChI=1S/C22H29NO2/c1-2-21-11-8-18-17-7-5-16(23-24)14-15(17)4-6-19(18)20(21)9-12-22(21)10-3-13-25-22/h3-4,6,10,16,18-20H,2,5,7-9,11-14H2,1H3/t16?,18?,19?,20?,21-,22-/m0/s1. The van der Waals surface area contributed by atoms with E-state index in [2.05, 4.69) is 36.4 Å². The van der Waals surface area contributed by atoms with Crippen LogP contribution >= 0.6 is 0 Å². The third kappa shape index (κ3) is 2.02. The van der Waals surface area contributed by atoms with Gasteiger partial charge in [0, 0.05) is 5.41 Å². The summed E-state index contributed by atoms with van der Waals surface area (Å²) < 4.78 is 6.39. The van der Waals surface area contributed by atoms with Gasteiger partial charge in [0.1, 0.15) is 0 Å². The van der Waals surface area contributed by atoms with Crippen molar-refractivity contribution >= 4 is 0 Å². The van der Waals surface area contributed by atoms with E-state index >= 15 is 0 Å². The van der Waals surface area contributed by atoms with Crippen molar-refractivity contribution in [3.05, 3.63) is 40.4 Å². The van der Waals surface area contributed by atoms with Crippen LogP contribution in [0, 0.1) is 28.1 Å². The minimum atomic E-state index is 0.00467. The molecule has 1 aliphatic heterocycles. The highest BCUT2D eigenvalue weighted by atomic mass is 16.5. The molecule has 1 heterocycles. The van der Waals surface area contributed by atoms with Crippen molar-refractivity contribution in [3.63, 3.8) is 0 Å². The number of fused-ring (bicyclic) bond motifs is 5. The Morgan fingerprint density at radius 2 is 2.20 bits per heavy atom. The Balaban J connectivity index is 1.48. The molecule has 5 aliphatic rings. The molecule has 2 saturated carbocycles. The van der Waals surface area contributed by atoms with Crippen molar-refractivity contribution in [1.29, 1.82) is 0 Å². The summed E-state index contributed by atoms with van der Waals surface area (Å²) in [5.41, 5.74) is 3.44. The lowest BCUT2D eigenvalue weighted by atomic mass is 9.52. The van der Waals surface area contributed by atoms with Crippen LogP contribution in [0.1, 0.15) is 58.3 Å². The topological polar surface area (TPSA) is 38.7 Å². The molecule has 1 spiro atoms. The van der Waals surface area contributed by atoms with Gasteiger partial charge in [-0.05, 0) is 74.7 Å². The monoisotopic (exact) mass is 339 g/mol. The smallest absolute Gasteiger partial charge is 0.0962 e. The second kappa shape index (κ2) is 5.64. The Hall–Kier alpha value is -1.22. The Labute approximate surface area is 150 Å².